The van der Waals surface area contributed by atoms with E-state index in [1.165, 1.54) is 12.1 Å². The van der Waals surface area contributed by atoms with Crippen LogP contribution in [0.5, 0.6) is 0 Å². The Bertz CT molecular complexity index is 589. The molecular formula is C13H7BrClF2I. The maximum Gasteiger partial charge on any atom is 0.130 e. The second-order valence-electron chi connectivity index (χ2n) is 3.70. The summed E-state index contributed by atoms with van der Waals surface area (Å²) < 4.78 is 27.4. The van der Waals surface area contributed by atoms with Crippen molar-refractivity contribution >= 4 is 50.1 Å². The summed E-state index contributed by atoms with van der Waals surface area (Å²) in [5.41, 5.74) is 1.21. The van der Waals surface area contributed by atoms with Crippen LogP contribution in [0.1, 0.15) is 16.0 Å². The van der Waals surface area contributed by atoms with E-state index in [9.17, 15) is 8.78 Å². The molecule has 1 unspecified atom stereocenters. The third-order valence-electron chi connectivity index (χ3n) is 2.47. The van der Waals surface area contributed by atoms with Crippen molar-refractivity contribution in [2.24, 2.45) is 0 Å². The Kier molecular flexibility index (Phi) is 4.61. The highest BCUT2D eigenvalue weighted by atomic mass is 127. The van der Waals surface area contributed by atoms with Gasteiger partial charge in [-0.25, -0.2) is 8.78 Å². The molecular weight excluding hydrogens is 436 g/mol. The highest BCUT2D eigenvalue weighted by molar-refractivity contribution is 14.1. The van der Waals surface area contributed by atoms with Gasteiger partial charge in [-0.2, -0.15) is 0 Å². The van der Waals surface area contributed by atoms with Gasteiger partial charge in [0.25, 0.3) is 0 Å². The third-order valence-corrected chi connectivity index (χ3v) is 5.07. The summed E-state index contributed by atoms with van der Waals surface area (Å²) in [5.74, 6) is -1.16. The molecule has 0 radical (unpaired) electrons. The maximum absolute atomic E-state index is 13.7. The van der Waals surface area contributed by atoms with Crippen molar-refractivity contribution in [2.45, 2.75) is 4.83 Å². The standard InChI is InChI=1S/C13H7BrClF2I/c14-13(7-1-4-12(18)10(15)5-7)9-3-2-8(16)6-11(9)17/h1-6,13H. The Labute approximate surface area is 131 Å². The molecule has 2 rings (SSSR count). The molecule has 0 bridgehead atoms. The van der Waals surface area contributed by atoms with Gasteiger partial charge in [0.05, 0.1) is 9.85 Å². The van der Waals surface area contributed by atoms with Crippen molar-refractivity contribution in [1.82, 2.24) is 0 Å². The average Bonchev–Trinajstić information content (AvgIpc) is 2.32. The molecule has 0 aromatic heterocycles. The van der Waals surface area contributed by atoms with E-state index in [1.807, 2.05) is 12.1 Å². The van der Waals surface area contributed by atoms with E-state index in [4.69, 9.17) is 11.6 Å². The van der Waals surface area contributed by atoms with Crippen molar-refractivity contribution in [1.29, 1.82) is 0 Å². The normalized spacial score (nSPS) is 12.5. The number of alkyl halides is 1. The molecule has 5 heteroatoms. The lowest BCUT2D eigenvalue weighted by Crippen LogP contribution is -1.97. The molecule has 0 aliphatic heterocycles. The minimum atomic E-state index is -0.586. The molecule has 0 aliphatic rings. The molecule has 2 aromatic rings. The molecule has 0 heterocycles. The van der Waals surface area contributed by atoms with E-state index in [0.717, 1.165) is 15.2 Å². The maximum atomic E-state index is 13.7. The van der Waals surface area contributed by atoms with E-state index in [2.05, 4.69) is 38.5 Å². The van der Waals surface area contributed by atoms with Crippen LogP contribution in [0.15, 0.2) is 36.4 Å². The first-order chi connectivity index (χ1) is 8.49. The summed E-state index contributed by atoms with van der Waals surface area (Å²) in [6.07, 6.45) is 0. The van der Waals surface area contributed by atoms with Crippen LogP contribution >= 0.6 is 50.1 Å². The summed E-state index contributed by atoms with van der Waals surface area (Å²) in [5, 5.41) is 0.611. The molecule has 18 heavy (non-hydrogen) atoms. The van der Waals surface area contributed by atoms with Crippen LogP contribution in [-0.4, -0.2) is 0 Å². The molecule has 0 spiro atoms. The van der Waals surface area contributed by atoms with Crippen LogP contribution in [0, 0.1) is 15.2 Å². The van der Waals surface area contributed by atoms with Gasteiger partial charge in [-0.3, -0.25) is 0 Å². The quantitative estimate of drug-likeness (QED) is 0.412. The number of benzene rings is 2. The first-order valence-electron chi connectivity index (χ1n) is 5.03. The number of halogens is 5. The largest absolute Gasteiger partial charge is 0.207 e. The first-order valence-corrected chi connectivity index (χ1v) is 7.40. The fraction of sp³-hybridized carbons (Fsp3) is 0.0769. The van der Waals surface area contributed by atoms with Crippen LogP contribution in [0.4, 0.5) is 8.78 Å². The van der Waals surface area contributed by atoms with Gasteiger partial charge in [0.15, 0.2) is 0 Å². The van der Waals surface area contributed by atoms with Crippen molar-refractivity contribution in [2.75, 3.05) is 0 Å². The molecule has 0 nitrogen and oxygen atoms in total. The zero-order valence-electron chi connectivity index (χ0n) is 8.93. The van der Waals surface area contributed by atoms with Crippen LogP contribution in [-0.2, 0) is 0 Å². The van der Waals surface area contributed by atoms with E-state index in [-0.39, 0.29) is 4.83 Å². The van der Waals surface area contributed by atoms with E-state index < -0.39 is 11.6 Å². The summed E-state index contributed by atoms with van der Waals surface area (Å²) in [4.78, 5) is -0.354. The lowest BCUT2D eigenvalue weighted by molar-refractivity contribution is 0.574. The highest BCUT2D eigenvalue weighted by Crippen LogP contribution is 2.34. The molecule has 0 saturated heterocycles. The molecule has 1 atom stereocenters. The summed E-state index contributed by atoms with van der Waals surface area (Å²) in [7, 11) is 0. The van der Waals surface area contributed by atoms with Gasteiger partial charge in [0, 0.05) is 15.2 Å². The van der Waals surface area contributed by atoms with Crippen molar-refractivity contribution in [3.63, 3.8) is 0 Å². The second-order valence-corrected chi connectivity index (χ2v) is 6.19. The SMILES string of the molecule is Fc1ccc(C(Br)c2ccc(I)c(Cl)c2)c(F)c1. The molecule has 0 saturated carbocycles. The van der Waals surface area contributed by atoms with Gasteiger partial charge in [-0.1, -0.05) is 39.7 Å². The Morgan fingerprint density at radius 3 is 2.44 bits per heavy atom. The van der Waals surface area contributed by atoms with Crippen LogP contribution in [0.25, 0.3) is 0 Å². The zero-order valence-corrected chi connectivity index (χ0v) is 13.4. The molecule has 0 aliphatic carbocycles. The second kappa shape index (κ2) is 5.84. The highest BCUT2D eigenvalue weighted by Gasteiger charge is 2.16. The Hall–Kier alpha value is -0.200. The van der Waals surface area contributed by atoms with Crippen molar-refractivity contribution in [3.8, 4) is 0 Å². The molecule has 0 N–H and O–H groups in total. The van der Waals surface area contributed by atoms with Gasteiger partial charge >= 0.3 is 0 Å². The predicted octanol–water partition coefficient (Wildman–Crippen LogP) is 5.71. The molecule has 0 fully saturated rings. The van der Waals surface area contributed by atoms with Crippen LogP contribution in [0.2, 0.25) is 5.02 Å². The predicted molar refractivity (Wildman–Crippen MR) is 81.3 cm³/mol. The van der Waals surface area contributed by atoms with E-state index in [1.54, 1.807) is 6.07 Å². The lowest BCUT2D eigenvalue weighted by atomic mass is 10.0. The van der Waals surface area contributed by atoms with Crippen LogP contribution < -0.4 is 0 Å². The van der Waals surface area contributed by atoms with Crippen molar-refractivity contribution < 1.29 is 8.78 Å². The monoisotopic (exact) mass is 442 g/mol. The van der Waals surface area contributed by atoms with E-state index >= 15 is 0 Å². The average molecular weight is 443 g/mol. The van der Waals surface area contributed by atoms with E-state index in [0.29, 0.717) is 10.6 Å². The third kappa shape index (κ3) is 3.03. The zero-order chi connectivity index (χ0) is 13.3. The topological polar surface area (TPSA) is 0 Å². The fourth-order valence-corrected chi connectivity index (χ4v) is 2.74. The summed E-state index contributed by atoms with van der Waals surface area (Å²) >= 11 is 11.6. The number of hydrogen-bond donors (Lipinski definition) is 0. The van der Waals surface area contributed by atoms with Crippen LogP contribution in [0.3, 0.4) is 0 Å². The van der Waals surface area contributed by atoms with Crippen molar-refractivity contribution in [3.05, 3.63) is 67.8 Å². The van der Waals surface area contributed by atoms with Gasteiger partial charge in [0.2, 0.25) is 0 Å². The number of rotatable bonds is 2. The smallest absolute Gasteiger partial charge is 0.130 e. The minimum Gasteiger partial charge on any atom is -0.207 e. The first kappa shape index (κ1) is 14.2. The van der Waals surface area contributed by atoms with Gasteiger partial charge in [-0.05, 0) is 46.4 Å². The van der Waals surface area contributed by atoms with Gasteiger partial charge in [-0.15, -0.1) is 0 Å². The Balaban J connectivity index is 2.41. The lowest BCUT2D eigenvalue weighted by Gasteiger charge is -2.12. The Morgan fingerprint density at radius 2 is 1.83 bits per heavy atom. The summed E-state index contributed by atoms with van der Waals surface area (Å²) in [6.45, 7) is 0. The molecule has 2 aromatic carbocycles. The number of hydrogen-bond acceptors (Lipinski definition) is 0. The molecule has 0 amide bonds. The fourth-order valence-electron chi connectivity index (χ4n) is 1.56. The van der Waals surface area contributed by atoms with Gasteiger partial charge in [0.1, 0.15) is 11.6 Å². The Morgan fingerprint density at radius 1 is 1.11 bits per heavy atom. The summed E-state index contributed by atoms with van der Waals surface area (Å²) in [6, 6.07) is 9.02. The molecule has 94 valence electrons. The van der Waals surface area contributed by atoms with Gasteiger partial charge < -0.3 is 0 Å². The minimum absolute atomic E-state index is 0.354.